The summed E-state index contributed by atoms with van der Waals surface area (Å²) in [5.41, 5.74) is -1.36. The Morgan fingerprint density at radius 1 is 1.21 bits per heavy atom. The summed E-state index contributed by atoms with van der Waals surface area (Å²) >= 11 is 0. The molecule has 3 rings (SSSR count). The first-order valence-electron chi connectivity index (χ1n) is 8.02. The molecule has 1 aliphatic carbocycles. The summed E-state index contributed by atoms with van der Waals surface area (Å²) < 4.78 is 74.0. The van der Waals surface area contributed by atoms with E-state index in [4.69, 9.17) is 4.74 Å². The number of allylic oxidation sites excluding steroid dienone is 4. The second kappa shape index (κ2) is 7.83. The van der Waals surface area contributed by atoms with E-state index in [0.717, 1.165) is 29.0 Å². The predicted molar refractivity (Wildman–Crippen MR) is 91.8 cm³/mol. The molecule has 0 aliphatic heterocycles. The van der Waals surface area contributed by atoms with Crippen LogP contribution < -0.4 is 15.6 Å². The standard InChI is InChI=1S/C18H14F5N3O2/c1-28-10-2-3-11(19)15(6-10)24-18-25-17(27)14(22)8-26(18)7-9-4-12(20)16(23)13(21)5-9/h2-6,8,12,16H,7H2,1H3,(H,24,25,27). The third kappa shape index (κ3) is 4.05. The summed E-state index contributed by atoms with van der Waals surface area (Å²) in [4.78, 5) is 15.1. The van der Waals surface area contributed by atoms with Gasteiger partial charge in [0.1, 0.15) is 17.4 Å². The minimum absolute atomic E-state index is 0.0158. The van der Waals surface area contributed by atoms with Crippen molar-refractivity contribution in [2.75, 3.05) is 12.4 Å². The number of hydrogen-bond donors (Lipinski definition) is 1. The van der Waals surface area contributed by atoms with Crippen molar-refractivity contribution in [1.82, 2.24) is 9.55 Å². The number of nitrogens with one attached hydrogen (secondary N) is 1. The molecule has 0 amide bonds. The van der Waals surface area contributed by atoms with Gasteiger partial charge in [-0.2, -0.15) is 9.37 Å². The van der Waals surface area contributed by atoms with Gasteiger partial charge in [-0.1, -0.05) is 0 Å². The topological polar surface area (TPSA) is 56.1 Å². The maximum absolute atomic E-state index is 14.0. The van der Waals surface area contributed by atoms with Gasteiger partial charge in [-0.05, 0) is 29.9 Å². The van der Waals surface area contributed by atoms with Gasteiger partial charge in [0.25, 0.3) is 0 Å². The molecular formula is C18H14F5N3O2. The fourth-order valence-corrected chi connectivity index (χ4v) is 2.58. The van der Waals surface area contributed by atoms with Crippen LogP contribution in [0.2, 0.25) is 0 Å². The summed E-state index contributed by atoms with van der Waals surface area (Å²) in [5, 5.41) is 2.53. The summed E-state index contributed by atoms with van der Waals surface area (Å²) in [6.45, 7) is -0.349. The smallest absolute Gasteiger partial charge is 0.310 e. The minimum atomic E-state index is -2.41. The average molecular weight is 399 g/mol. The van der Waals surface area contributed by atoms with E-state index in [0.29, 0.717) is 5.75 Å². The van der Waals surface area contributed by atoms with Gasteiger partial charge in [0.05, 0.1) is 19.3 Å². The van der Waals surface area contributed by atoms with E-state index in [9.17, 15) is 26.7 Å². The number of benzene rings is 1. The molecule has 0 radical (unpaired) electrons. The molecule has 28 heavy (non-hydrogen) atoms. The lowest BCUT2D eigenvalue weighted by molar-refractivity contribution is 0.205. The fraction of sp³-hybridized carbons (Fsp3) is 0.222. The fourth-order valence-electron chi connectivity index (χ4n) is 2.58. The Kier molecular flexibility index (Phi) is 5.48. The second-order valence-electron chi connectivity index (χ2n) is 5.93. The van der Waals surface area contributed by atoms with E-state index in [2.05, 4.69) is 10.3 Å². The molecule has 5 nitrogen and oxygen atoms in total. The van der Waals surface area contributed by atoms with Gasteiger partial charge in [-0.25, -0.2) is 17.6 Å². The van der Waals surface area contributed by atoms with E-state index in [1.165, 1.54) is 19.2 Å². The maximum Gasteiger partial charge on any atom is 0.310 e. The van der Waals surface area contributed by atoms with Crippen molar-refractivity contribution in [2.24, 2.45) is 0 Å². The number of alkyl halides is 2. The van der Waals surface area contributed by atoms with Gasteiger partial charge >= 0.3 is 5.56 Å². The van der Waals surface area contributed by atoms with Crippen LogP contribution in [0.1, 0.15) is 0 Å². The number of hydrogen-bond acceptors (Lipinski definition) is 4. The zero-order chi connectivity index (χ0) is 20.4. The number of halogens is 5. The molecule has 0 saturated heterocycles. The zero-order valence-electron chi connectivity index (χ0n) is 14.4. The third-order valence-corrected chi connectivity index (χ3v) is 3.97. The Hall–Kier alpha value is -3.17. The van der Waals surface area contributed by atoms with Crippen LogP contribution in [0.4, 0.5) is 33.6 Å². The first-order valence-corrected chi connectivity index (χ1v) is 8.02. The number of aromatic nitrogens is 2. The Balaban J connectivity index is 1.98. The average Bonchev–Trinajstić information content (AvgIpc) is 2.65. The van der Waals surface area contributed by atoms with Crippen molar-refractivity contribution >= 4 is 11.6 Å². The van der Waals surface area contributed by atoms with Crippen LogP contribution in [-0.4, -0.2) is 29.0 Å². The molecule has 1 aliphatic rings. The van der Waals surface area contributed by atoms with Gasteiger partial charge < -0.3 is 14.6 Å². The molecule has 10 heteroatoms. The monoisotopic (exact) mass is 399 g/mol. The highest BCUT2D eigenvalue weighted by Crippen LogP contribution is 2.27. The Labute approximate surface area is 155 Å². The minimum Gasteiger partial charge on any atom is -0.497 e. The Bertz CT molecular complexity index is 1020. The molecule has 0 bridgehead atoms. The largest absolute Gasteiger partial charge is 0.497 e. The van der Waals surface area contributed by atoms with Crippen LogP contribution in [0.3, 0.4) is 0 Å². The molecule has 1 aromatic heterocycles. The van der Waals surface area contributed by atoms with E-state index >= 15 is 0 Å². The van der Waals surface area contributed by atoms with E-state index in [1.54, 1.807) is 0 Å². The highest BCUT2D eigenvalue weighted by molar-refractivity contribution is 5.57. The molecule has 2 atom stereocenters. The van der Waals surface area contributed by atoms with Crippen molar-refractivity contribution in [2.45, 2.75) is 18.9 Å². The molecule has 0 spiro atoms. The highest BCUT2D eigenvalue weighted by atomic mass is 19.2. The van der Waals surface area contributed by atoms with Crippen molar-refractivity contribution in [1.29, 1.82) is 0 Å². The lowest BCUT2D eigenvalue weighted by atomic mass is 10.0. The molecule has 0 fully saturated rings. The molecule has 2 aromatic rings. The molecule has 1 N–H and O–H groups in total. The van der Waals surface area contributed by atoms with E-state index < -0.39 is 35.4 Å². The second-order valence-corrected chi connectivity index (χ2v) is 5.93. The Morgan fingerprint density at radius 3 is 2.64 bits per heavy atom. The van der Waals surface area contributed by atoms with Gasteiger partial charge in [-0.15, -0.1) is 0 Å². The normalized spacial score (nSPS) is 19.1. The Morgan fingerprint density at radius 2 is 1.96 bits per heavy atom. The van der Waals surface area contributed by atoms with Gasteiger partial charge in [0, 0.05) is 12.3 Å². The SMILES string of the molecule is COc1ccc(F)c(Nc2nc(=O)c(F)cn2CC2=CC(F)C(F)C(F)=C2)c1. The maximum atomic E-state index is 14.0. The van der Waals surface area contributed by atoms with Gasteiger partial charge in [-0.3, -0.25) is 4.79 Å². The number of rotatable bonds is 5. The van der Waals surface area contributed by atoms with Crippen LogP contribution >= 0.6 is 0 Å². The molecule has 148 valence electrons. The number of anilines is 2. The molecular weight excluding hydrogens is 385 g/mol. The van der Waals surface area contributed by atoms with Crippen molar-refractivity contribution in [3.8, 4) is 5.75 Å². The van der Waals surface area contributed by atoms with Crippen LogP contribution in [0.15, 0.2) is 52.7 Å². The van der Waals surface area contributed by atoms with Crippen LogP contribution in [0, 0.1) is 11.6 Å². The molecule has 2 unspecified atom stereocenters. The quantitative estimate of drug-likeness (QED) is 0.779. The van der Waals surface area contributed by atoms with Crippen molar-refractivity contribution in [3.05, 3.63) is 69.9 Å². The van der Waals surface area contributed by atoms with E-state index in [-0.39, 0.29) is 23.8 Å². The summed E-state index contributed by atoms with van der Waals surface area (Å²) in [6.07, 6.45) is -2.26. The number of ether oxygens (including phenoxy) is 1. The molecule has 1 aromatic carbocycles. The van der Waals surface area contributed by atoms with Gasteiger partial charge in [0.15, 0.2) is 12.3 Å². The summed E-state index contributed by atoms with van der Waals surface area (Å²) in [6, 6.07) is 3.74. The van der Waals surface area contributed by atoms with Crippen LogP contribution in [0.5, 0.6) is 5.75 Å². The van der Waals surface area contributed by atoms with Gasteiger partial charge in [0.2, 0.25) is 11.8 Å². The molecule has 0 saturated carbocycles. The predicted octanol–water partition coefficient (Wildman–Crippen LogP) is 3.74. The van der Waals surface area contributed by atoms with Crippen LogP contribution in [-0.2, 0) is 6.54 Å². The zero-order valence-corrected chi connectivity index (χ0v) is 14.4. The first kappa shape index (κ1) is 19.6. The third-order valence-electron chi connectivity index (χ3n) is 3.97. The number of nitrogens with zero attached hydrogens (tertiary/aromatic N) is 2. The summed E-state index contributed by atoms with van der Waals surface area (Å²) in [5.74, 6) is -3.23. The van der Waals surface area contributed by atoms with Crippen LogP contribution in [0.25, 0.3) is 0 Å². The first-order chi connectivity index (χ1) is 13.3. The summed E-state index contributed by atoms with van der Waals surface area (Å²) in [7, 11) is 1.37. The molecule has 1 heterocycles. The lowest BCUT2D eigenvalue weighted by Gasteiger charge is -2.19. The van der Waals surface area contributed by atoms with E-state index in [1.807, 2.05) is 0 Å². The van der Waals surface area contributed by atoms with Crippen molar-refractivity contribution < 1.29 is 26.7 Å². The number of methoxy groups -OCH3 is 1. The van der Waals surface area contributed by atoms with Crippen molar-refractivity contribution in [3.63, 3.8) is 0 Å². The highest BCUT2D eigenvalue weighted by Gasteiger charge is 2.27. The lowest BCUT2D eigenvalue weighted by Crippen LogP contribution is -2.23.